The van der Waals surface area contributed by atoms with Gasteiger partial charge in [0.2, 0.25) is 0 Å². The lowest BCUT2D eigenvalue weighted by Crippen LogP contribution is -2.00. The number of nitrogens with one attached hydrogen (secondary N) is 1. The Balaban J connectivity index is 2.35. The predicted octanol–water partition coefficient (Wildman–Crippen LogP) is 3.24. The Kier molecular flexibility index (Phi) is 3.74. The van der Waals surface area contributed by atoms with Crippen LogP contribution in [0.15, 0.2) is 36.4 Å². The lowest BCUT2D eigenvalue weighted by atomic mass is 10.2. The van der Waals surface area contributed by atoms with Crippen LogP contribution in [0, 0.1) is 17.0 Å². The number of nitrogens with two attached hydrogens (primary N) is 1. The summed E-state index contributed by atoms with van der Waals surface area (Å²) >= 11 is 0. The summed E-state index contributed by atoms with van der Waals surface area (Å²) in [5.41, 5.74) is 8.52. The zero-order valence-corrected chi connectivity index (χ0v) is 11.2. The third kappa shape index (κ3) is 2.80. The van der Waals surface area contributed by atoms with Crippen molar-refractivity contribution in [1.29, 1.82) is 0 Å². The van der Waals surface area contributed by atoms with Gasteiger partial charge < -0.3 is 15.8 Å². The molecule has 2 aromatic carbocycles. The number of nitro benzene ring substituents is 1. The normalized spacial score (nSPS) is 10.1. The molecule has 6 heteroatoms. The molecule has 0 unspecified atom stereocenters. The molecular weight excluding hydrogens is 258 g/mol. The first-order chi connectivity index (χ1) is 9.51. The molecule has 104 valence electrons. The highest BCUT2D eigenvalue weighted by Gasteiger charge is 2.10. The number of hydrogen-bond acceptors (Lipinski definition) is 5. The van der Waals surface area contributed by atoms with Gasteiger partial charge >= 0.3 is 0 Å². The molecule has 3 N–H and O–H groups in total. The summed E-state index contributed by atoms with van der Waals surface area (Å²) in [7, 11) is 1.58. The van der Waals surface area contributed by atoms with Gasteiger partial charge in [-0.25, -0.2) is 0 Å². The Morgan fingerprint density at radius 2 is 1.95 bits per heavy atom. The second kappa shape index (κ2) is 5.48. The molecule has 0 atom stereocenters. The van der Waals surface area contributed by atoms with E-state index in [2.05, 4.69) is 5.32 Å². The summed E-state index contributed by atoms with van der Waals surface area (Å²) < 4.78 is 5.26. The average Bonchev–Trinajstić information content (AvgIpc) is 2.41. The number of nitro groups is 1. The van der Waals surface area contributed by atoms with Crippen molar-refractivity contribution in [3.8, 4) is 5.75 Å². The summed E-state index contributed by atoms with van der Waals surface area (Å²) in [6.07, 6.45) is 0. The van der Waals surface area contributed by atoms with E-state index in [9.17, 15) is 10.1 Å². The van der Waals surface area contributed by atoms with E-state index < -0.39 is 4.92 Å². The van der Waals surface area contributed by atoms with Crippen molar-refractivity contribution in [2.45, 2.75) is 6.92 Å². The van der Waals surface area contributed by atoms with Gasteiger partial charge in [0.15, 0.2) is 0 Å². The highest BCUT2D eigenvalue weighted by molar-refractivity contribution is 5.77. The third-order valence-electron chi connectivity index (χ3n) is 2.87. The fourth-order valence-corrected chi connectivity index (χ4v) is 1.84. The summed E-state index contributed by atoms with van der Waals surface area (Å²) in [6.45, 7) is 1.96. The van der Waals surface area contributed by atoms with E-state index in [0.29, 0.717) is 17.1 Å². The molecule has 6 nitrogen and oxygen atoms in total. The molecule has 0 aromatic heterocycles. The van der Waals surface area contributed by atoms with Crippen molar-refractivity contribution in [3.63, 3.8) is 0 Å². The van der Waals surface area contributed by atoms with Crippen LogP contribution in [0.25, 0.3) is 0 Å². The van der Waals surface area contributed by atoms with Gasteiger partial charge in [0.05, 0.1) is 29.1 Å². The molecule has 0 aliphatic heterocycles. The van der Waals surface area contributed by atoms with E-state index in [-0.39, 0.29) is 5.69 Å². The van der Waals surface area contributed by atoms with E-state index in [0.717, 1.165) is 11.3 Å². The van der Waals surface area contributed by atoms with E-state index >= 15 is 0 Å². The van der Waals surface area contributed by atoms with E-state index in [4.69, 9.17) is 10.5 Å². The Morgan fingerprint density at radius 1 is 1.20 bits per heavy atom. The van der Waals surface area contributed by atoms with Gasteiger partial charge in [0.25, 0.3) is 5.69 Å². The Bertz CT molecular complexity index is 656. The molecule has 0 fully saturated rings. The van der Waals surface area contributed by atoms with Crippen molar-refractivity contribution in [2.24, 2.45) is 0 Å². The zero-order chi connectivity index (χ0) is 14.7. The van der Waals surface area contributed by atoms with Crippen LogP contribution in [-0.4, -0.2) is 12.0 Å². The van der Waals surface area contributed by atoms with Crippen LogP contribution >= 0.6 is 0 Å². The topological polar surface area (TPSA) is 90.4 Å². The molecule has 0 heterocycles. The molecule has 20 heavy (non-hydrogen) atoms. The number of aryl methyl sites for hydroxylation is 1. The summed E-state index contributed by atoms with van der Waals surface area (Å²) in [4.78, 5) is 10.2. The standard InChI is InChI=1S/C14H15N3O3/c1-9-3-6-14(20-2)13(7-9)16-12-5-4-10(17(18)19)8-11(12)15/h3-8,16H,15H2,1-2H3. The highest BCUT2D eigenvalue weighted by Crippen LogP contribution is 2.32. The van der Waals surface area contributed by atoms with Gasteiger partial charge in [0, 0.05) is 12.1 Å². The molecule has 0 spiro atoms. The zero-order valence-electron chi connectivity index (χ0n) is 11.2. The van der Waals surface area contributed by atoms with Gasteiger partial charge in [-0.05, 0) is 30.7 Å². The monoisotopic (exact) mass is 273 g/mol. The molecule has 2 rings (SSSR count). The van der Waals surface area contributed by atoms with Crippen LogP contribution in [-0.2, 0) is 0 Å². The molecule has 0 bridgehead atoms. The van der Waals surface area contributed by atoms with Crippen LogP contribution in [0.5, 0.6) is 5.75 Å². The van der Waals surface area contributed by atoms with Gasteiger partial charge in [-0.1, -0.05) is 6.07 Å². The molecule has 0 amide bonds. The van der Waals surface area contributed by atoms with Crippen LogP contribution in [0.4, 0.5) is 22.7 Å². The van der Waals surface area contributed by atoms with E-state index in [1.807, 2.05) is 25.1 Å². The molecule has 0 saturated heterocycles. The summed E-state index contributed by atoms with van der Waals surface area (Å²) in [5, 5.41) is 13.8. The van der Waals surface area contributed by atoms with Crippen molar-refractivity contribution in [2.75, 3.05) is 18.2 Å². The van der Waals surface area contributed by atoms with E-state index in [1.165, 1.54) is 12.1 Å². The Hall–Kier alpha value is -2.76. The van der Waals surface area contributed by atoms with Crippen LogP contribution in [0.2, 0.25) is 0 Å². The maximum atomic E-state index is 10.7. The fraction of sp³-hybridized carbons (Fsp3) is 0.143. The number of methoxy groups -OCH3 is 1. The number of anilines is 3. The predicted molar refractivity (Wildman–Crippen MR) is 78.5 cm³/mol. The average molecular weight is 273 g/mol. The van der Waals surface area contributed by atoms with E-state index in [1.54, 1.807) is 13.2 Å². The number of non-ortho nitro benzene ring substituents is 1. The minimum atomic E-state index is -0.479. The van der Waals surface area contributed by atoms with Crippen molar-refractivity contribution >= 4 is 22.7 Å². The Morgan fingerprint density at radius 3 is 2.55 bits per heavy atom. The first-order valence-electron chi connectivity index (χ1n) is 5.97. The second-order valence-corrected chi connectivity index (χ2v) is 4.36. The largest absolute Gasteiger partial charge is 0.495 e. The molecule has 0 aliphatic rings. The molecule has 0 radical (unpaired) electrons. The maximum absolute atomic E-state index is 10.7. The Labute approximate surface area is 116 Å². The molecule has 0 saturated carbocycles. The highest BCUT2D eigenvalue weighted by atomic mass is 16.6. The van der Waals surface area contributed by atoms with Gasteiger partial charge in [-0.2, -0.15) is 0 Å². The quantitative estimate of drug-likeness (QED) is 0.507. The lowest BCUT2D eigenvalue weighted by Gasteiger charge is -2.13. The lowest BCUT2D eigenvalue weighted by molar-refractivity contribution is -0.384. The van der Waals surface area contributed by atoms with Crippen LogP contribution in [0.3, 0.4) is 0 Å². The molecule has 2 aromatic rings. The molecule has 0 aliphatic carbocycles. The first kappa shape index (κ1) is 13.7. The van der Waals surface area contributed by atoms with Crippen molar-refractivity contribution in [1.82, 2.24) is 0 Å². The number of benzene rings is 2. The number of rotatable bonds is 4. The second-order valence-electron chi connectivity index (χ2n) is 4.36. The fourth-order valence-electron chi connectivity index (χ4n) is 1.84. The smallest absolute Gasteiger partial charge is 0.271 e. The minimum Gasteiger partial charge on any atom is -0.495 e. The van der Waals surface area contributed by atoms with Crippen molar-refractivity contribution < 1.29 is 9.66 Å². The summed E-state index contributed by atoms with van der Waals surface area (Å²) in [6, 6.07) is 10.0. The maximum Gasteiger partial charge on any atom is 0.271 e. The third-order valence-corrected chi connectivity index (χ3v) is 2.87. The van der Waals surface area contributed by atoms with Crippen molar-refractivity contribution in [3.05, 3.63) is 52.1 Å². The van der Waals surface area contributed by atoms with Crippen LogP contribution < -0.4 is 15.8 Å². The number of nitrogen functional groups attached to an aromatic ring is 1. The number of hydrogen-bond donors (Lipinski definition) is 2. The minimum absolute atomic E-state index is 0.0377. The SMILES string of the molecule is COc1ccc(C)cc1Nc1ccc([N+](=O)[O-])cc1N. The summed E-state index contributed by atoms with van der Waals surface area (Å²) in [5.74, 6) is 0.674. The molecular formula is C14H15N3O3. The van der Waals surface area contributed by atoms with Gasteiger partial charge in [-0.3, -0.25) is 10.1 Å². The van der Waals surface area contributed by atoms with Gasteiger partial charge in [-0.15, -0.1) is 0 Å². The first-order valence-corrected chi connectivity index (χ1v) is 5.97. The van der Waals surface area contributed by atoms with Crippen LogP contribution in [0.1, 0.15) is 5.56 Å². The van der Waals surface area contributed by atoms with Gasteiger partial charge in [0.1, 0.15) is 5.75 Å². The number of nitrogens with zero attached hydrogens (tertiary/aromatic N) is 1. The number of ether oxygens (including phenoxy) is 1.